The van der Waals surface area contributed by atoms with Gasteiger partial charge in [-0.15, -0.1) is 0 Å². The van der Waals surface area contributed by atoms with Crippen LogP contribution in [-0.2, 0) is 19.1 Å². The first-order valence-electron chi connectivity index (χ1n) is 10.2. The topological polar surface area (TPSA) is 60.4 Å². The predicted molar refractivity (Wildman–Crippen MR) is 102 cm³/mol. The molecule has 0 aromatic heterocycles. The van der Waals surface area contributed by atoms with E-state index >= 15 is 0 Å². The number of hydrogen-bond acceptors (Lipinski definition) is 4. The SMILES string of the molecule is CCCCCCCCCCCCCCC(=O)C(C(C)=O)C(=O)OCC. The Morgan fingerprint density at radius 3 is 1.56 bits per heavy atom. The molecule has 0 aromatic carbocycles. The molecule has 25 heavy (non-hydrogen) atoms. The van der Waals surface area contributed by atoms with Gasteiger partial charge in [-0.2, -0.15) is 0 Å². The van der Waals surface area contributed by atoms with Gasteiger partial charge >= 0.3 is 5.97 Å². The molecule has 0 aliphatic carbocycles. The summed E-state index contributed by atoms with van der Waals surface area (Å²) in [4.78, 5) is 35.2. The zero-order valence-corrected chi connectivity index (χ0v) is 16.6. The van der Waals surface area contributed by atoms with Crippen molar-refractivity contribution in [3.8, 4) is 0 Å². The van der Waals surface area contributed by atoms with Crippen molar-refractivity contribution >= 4 is 17.5 Å². The van der Waals surface area contributed by atoms with Crippen molar-refractivity contribution in [3.05, 3.63) is 0 Å². The Balaban J connectivity index is 3.64. The summed E-state index contributed by atoms with van der Waals surface area (Å²) < 4.78 is 4.82. The minimum Gasteiger partial charge on any atom is -0.465 e. The zero-order valence-electron chi connectivity index (χ0n) is 16.6. The van der Waals surface area contributed by atoms with E-state index in [1.54, 1.807) is 6.92 Å². The molecule has 0 spiro atoms. The molecular formula is C21H38O4. The normalized spacial score (nSPS) is 12.0. The smallest absolute Gasteiger partial charge is 0.324 e. The lowest BCUT2D eigenvalue weighted by molar-refractivity contribution is -0.154. The van der Waals surface area contributed by atoms with Crippen molar-refractivity contribution in [1.29, 1.82) is 0 Å². The van der Waals surface area contributed by atoms with Gasteiger partial charge in [-0.05, 0) is 20.3 Å². The molecule has 0 bridgehead atoms. The zero-order chi connectivity index (χ0) is 18.9. The monoisotopic (exact) mass is 354 g/mol. The number of ether oxygens (including phenoxy) is 1. The van der Waals surface area contributed by atoms with Crippen molar-refractivity contribution in [2.45, 2.75) is 104 Å². The number of rotatable bonds is 17. The van der Waals surface area contributed by atoms with Crippen LogP contribution in [0.3, 0.4) is 0 Å². The van der Waals surface area contributed by atoms with Gasteiger partial charge in [-0.1, -0.05) is 77.6 Å². The minimum atomic E-state index is -1.22. The molecule has 0 rings (SSSR count). The summed E-state index contributed by atoms with van der Waals surface area (Å²) in [5.41, 5.74) is 0. The van der Waals surface area contributed by atoms with Gasteiger partial charge in [0.2, 0.25) is 0 Å². The molecule has 0 saturated heterocycles. The first-order chi connectivity index (χ1) is 12.0. The maximum Gasteiger partial charge on any atom is 0.324 e. The fraction of sp³-hybridized carbons (Fsp3) is 0.857. The van der Waals surface area contributed by atoms with Crippen molar-refractivity contribution in [2.24, 2.45) is 5.92 Å². The van der Waals surface area contributed by atoms with Crippen LogP contribution in [0.4, 0.5) is 0 Å². The summed E-state index contributed by atoms with van der Waals surface area (Å²) in [7, 11) is 0. The Bertz CT molecular complexity index is 376. The number of carbonyl (C=O) groups is 3. The standard InChI is InChI=1S/C21H38O4/c1-4-6-7-8-9-10-11-12-13-14-15-16-17-19(23)20(18(3)22)21(24)25-5-2/h20H,4-17H2,1-3H3. The van der Waals surface area contributed by atoms with Crippen LogP contribution < -0.4 is 0 Å². The second kappa shape index (κ2) is 16.3. The van der Waals surface area contributed by atoms with E-state index < -0.39 is 17.7 Å². The molecule has 4 nitrogen and oxygen atoms in total. The Morgan fingerprint density at radius 1 is 0.720 bits per heavy atom. The third kappa shape index (κ3) is 12.8. The Labute approximate surface area is 154 Å². The molecule has 0 fully saturated rings. The van der Waals surface area contributed by atoms with Crippen molar-refractivity contribution < 1.29 is 19.1 Å². The van der Waals surface area contributed by atoms with E-state index in [1.165, 1.54) is 64.7 Å². The van der Waals surface area contributed by atoms with Crippen LogP contribution in [0.5, 0.6) is 0 Å². The average molecular weight is 355 g/mol. The van der Waals surface area contributed by atoms with Gasteiger partial charge in [-0.3, -0.25) is 14.4 Å². The van der Waals surface area contributed by atoms with Crippen LogP contribution in [0.1, 0.15) is 104 Å². The van der Waals surface area contributed by atoms with E-state index in [0.717, 1.165) is 19.3 Å². The lowest BCUT2D eigenvalue weighted by Gasteiger charge is -2.11. The maximum atomic E-state index is 12.1. The summed E-state index contributed by atoms with van der Waals surface area (Å²) in [6.07, 6.45) is 15.0. The highest BCUT2D eigenvalue weighted by atomic mass is 16.5. The maximum absolute atomic E-state index is 12.1. The second-order valence-electron chi connectivity index (χ2n) is 6.90. The van der Waals surface area contributed by atoms with Crippen LogP contribution >= 0.6 is 0 Å². The largest absolute Gasteiger partial charge is 0.465 e. The van der Waals surface area contributed by atoms with Crippen LogP contribution in [0.2, 0.25) is 0 Å². The molecule has 0 aliphatic rings. The molecule has 0 aliphatic heterocycles. The van der Waals surface area contributed by atoms with Crippen LogP contribution in [-0.4, -0.2) is 24.1 Å². The first kappa shape index (κ1) is 23.8. The first-order valence-corrected chi connectivity index (χ1v) is 10.2. The molecule has 0 amide bonds. The van der Waals surface area contributed by atoms with E-state index in [0.29, 0.717) is 6.42 Å². The van der Waals surface area contributed by atoms with E-state index in [1.807, 2.05) is 0 Å². The second-order valence-corrected chi connectivity index (χ2v) is 6.90. The molecule has 4 heteroatoms. The third-order valence-electron chi connectivity index (χ3n) is 4.53. The predicted octanol–water partition coefficient (Wildman–Crippen LogP) is 5.42. The van der Waals surface area contributed by atoms with E-state index in [9.17, 15) is 14.4 Å². The molecule has 0 heterocycles. The van der Waals surface area contributed by atoms with Crippen LogP contribution in [0.25, 0.3) is 0 Å². The summed E-state index contributed by atoms with van der Waals surface area (Å²) in [6, 6.07) is 0. The molecule has 1 unspecified atom stereocenters. The van der Waals surface area contributed by atoms with Gasteiger partial charge in [0.1, 0.15) is 0 Å². The van der Waals surface area contributed by atoms with Gasteiger partial charge in [0.05, 0.1) is 6.61 Å². The third-order valence-corrected chi connectivity index (χ3v) is 4.53. The van der Waals surface area contributed by atoms with Gasteiger partial charge in [0, 0.05) is 6.42 Å². The number of esters is 1. The van der Waals surface area contributed by atoms with Gasteiger partial charge in [-0.25, -0.2) is 0 Å². The van der Waals surface area contributed by atoms with Crippen molar-refractivity contribution in [1.82, 2.24) is 0 Å². The van der Waals surface area contributed by atoms with Gasteiger partial charge < -0.3 is 4.74 Å². The molecule has 0 saturated carbocycles. The lowest BCUT2D eigenvalue weighted by Crippen LogP contribution is -2.32. The molecule has 146 valence electrons. The Kier molecular flexibility index (Phi) is 15.5. The fourth-order valence-corrected chi connectivity index (χ4v) is 3.03. The molecule has 0 radical (unpaired) electrons. The summed E-state index contributed by atoms with van der Waals surface area (Å²) in [6.45, 7) is 5.38. The summed E-state index contributed by atoms with van der Waals surface area (Å²) in [5.74, 6) is -2.62. The van der Waals surface area contributed by atoms with Crippen molar-refractivity contribution in [3.63, 3.8) is 0 Å². The van der Waals surface area contributed by atoms with Gasteiger partial charge in [0.15, 0.2) is 17.5 Å². The highest BCUT2D eigenvalue weighted by Crippen LogP contribution is 2.14. The quantitative estimate of drug-likeness (QED) is 0.199. The van der Waals surface area contributed by atoms with Crippen molar-refractivity contribution in [2.75, 3.05) is 6.61 Å². The number of unbranched alkanes of at least 4 members (excludes halogenated alkanes) is 11. The van der Waals surface area contributed by atoms with Crippen LogP contribution in [0, 0.1) is 5.92 Å². The lowest BCUT2D eigenvalue weighted by atomic mass is 9.95. The highest BCUT2D eigenvalue weighted by molar-refractivity contribution is 6.16. The molecular weight excluding hydrogens is 316 g/mol. The number of Topliss-reactive ketones (excluding diaryl/α,β-unsaturated/α-hetero) is 2. The van der Waals surface area contributed by atoms with E-state index in [4.69, 9.17) is 4.74 Å². The fourth-order valence-electron chi connectivity index (χ4n) is 3.03. The Hall–Kier alpha value is -1.19. The van der Waals surface area contributed by atoms with E-state index in [-0.39, 0.29) is 12.4 Å². The van der Waals surface area contributed by atoms with Crippen LogP contribution in [0.15, 0.2) is 0 Å². The summed E-state index contributed by atoms with van der Waals surface area (Å²) >= 11 is 0. The van der Waals surface area contributed by atoms with E-state index in [2.05, 4.69) is 6.92 Å². The molecule has 0 N–H and O–H groups in total. The van der Waals surface area contributed by atoms with Gasteiger partial charge in [0.25, 0.3) is 0 Å². The highest BCUT2D eigenvalue weighted by Gasteiger charge is 2.31. The molecule has 0 aromatic rings. The molecule has 1 atom stereocenters. The Morgan fingerprint density at radius 2 is 1.16 bits per heavy atom. The average Bonchev–Trinajstić information content (AvgIpc) is 2.56. The number of ketones is 2. The number of hydrogen-bond donors (Lipinski definition) is 0. The minimum absolute atomic E-state index is 0.189. The summed E-state index contributed by atoms with van der Waals surface area (Å²) in [5, 5.41) is 0. The number of carbonyl (C=O) groups excluding carboxylic acids is 3.